The van der Waals surface area contributed by atoms with Crippen molar-refractivity contribution in [3.05, 3.63) is 0 Å². The van der Waals surface area contributed by atoms with Crippen molar-refractivity contribution < 1.29 is 32.6 Å². The van der Waals surface area contributed by atoms with Crippen LogP contribution < -0.4 is 10.6 Å². The Balaban J connectivity index is 0.000000185. The van der Waals surface area contributed by atoms with Crippen LogP contribution in [0.5, 0.6) is 0 Å². The highest BCUT2D eigenvalue weighted by molar-refractivity contribution is 5.73. The third-order valence-electron chi connectivity index (χ3n) is 2.36. The second-order valence-corrected chi connectivity index (χ2v) is 3.84. The Kier molecular flexibility index (Phi) is 3.81. The molecule has 0 aliphatic carbocycles. The molecule has 3 N–H and O–H groups in total. The fraction of sp³-hybridized carbons (Fsp3) is 0.750. The minimum atomic E-state index is -5.08. The number of carbonyl (C=O) groups excluding carboxylic acids is 1. The average molecular weight is 256 g/mol. The number of carboxylic acids is 1. The summed E-state index contributed by atoms with van der Waals surface area (Å²) in [7, 11) is 0. The van der Waals surface area contributed by atoms with Gasteiger partial charge in [-0.05, 0) is 0 Å². The monoisotopic (exact) mass is 256 g/mol. The summed E-state index contributed by atoms with van der Waals surface area (Å²) in [5, 5.41) is 13.0. The van der Waals surface area contributed by atoms with Crippen molar-refractivity contribution in [2.45, 2.75) is 6.18 Å². The van der Waals surface area contributed by atoms with Crippen LogP contribution in [-0.2, 0) is 9.53 Å². The lowest BCUT2D eigenvalue weighted by atomic mass is 9.82. The van der Waals surface area contributed by atoms with Gasteiger partial charge < -0.3 is 20.5 Å². The Hall–Kier alpha value is -1.51. The van der Waals surface area contributed by atoms with E-state index in [-0.39, 0.29) is 11.5 Å². The number of amides is 1. The first kappa shape index (κ1) is 13.6. The van der Waals surface area contributed by atoms with E-state index in [0.717, 1.165) is 19.6 Å². The summed E-state index contributed by atoms with van der Waals surface area (Å²) in [6, 6.07) is 0. The number of ether oxygens (including phenoxy) is 1. The number of cyclic esters (lactones) is 1. The van der Waals surface area contributed by atoms with E-state index in [4.69, 9.17) is 14.6 Å². The van der Waals surface area contributed by atoms with Gasteiger partial charge in [-0.3, -0.25) is 0 Å². The van der Waals surface area contributed by atoms with Gasteiger partial charge in [0.25, 0.3) is 0 Å². The summed E-state index contributed by atoms with van der Waals surface area (Å²) in [6.45, 7) is 3.27. The molecule has 0 radical (unpaired) electrons. The molecule has 2 saturated heterocycles. The van der Waals surface area contributed by atoms with E-state index >= 15 is 0 Å². The fourth-order valence-corrected chi connectivity index (χ4v) is 1.29. The summed E-state index contributed by atoms with van der Waals surface area (Å²) < 4.78 is 36.6. The Bertz CT molecular complexity index is 302. The third kappa shape index (κ3) is 3.77. The van der Waals surface area contributed by atoms with Gasteiger partial charge in [-0.25, -0.2) is 9.59 Å². The van der Waals surface area contributed by atoms with E-state index in [2.05, 4.69) is 10.6 Å². The fourth-order valence-electron chi connectivity index (χ4n) is 1.29. The maximum absolute atomic E-state index is 10.6. The van der Waals surface area contributed by atoms with Crippen LogP contribution in [0.3, 0.4) is 0 Å². The number of hydrogen-bond acceptors (Lipinski definition) is 4. The molecule has 2 fully saturated rings. The molecular formula is C8H11F3N2O4. The van der Waals surface area contributed by atoms with Crippen molar-refractivity contribution >= 4 is 12.1 Å². The summed E-state index contributed by atoms with van der Waals surface area (Å²) in [6.07, 6.45) is -5.36. The molecule has 2 rings (SSSR count). The Morgan fingerprint density at radius 1 is 1.35 bits per heavy atom. The zero-order chi connectivity index (χ0) is 13.1. The van der Waals surface area contributed by atoms with E-state index in [1.54, 1.807) is 0 Å². The van der Waals surface area contributed by atoms with Crippen LogP contribution in [0.4, 0.5) is 18.0 Å². The number of hydrogen-bond donors (Lipinski definition) is 3. The van der Waals surface area contributed by atoms with E-state index < -0.39 is 12.1 Å². The van der Waals surface area contributed by atoms with Crippen LogP contribution in [-0.4, -0.2) is 49.6 Å². The van der Waals surface area contributed by atoms with Crippen molar-refractivity contribution in [3.63, 3.8) is 0 Å². The van der Waals surface area contributed by atoms with Gasteiger partial charge in [0.05, 0.1) is 0 Å². The van der Waals surface area contributed by atoms with Crippen LogP contribution >= 0.6 is 0 Å². The van der Waals surface area contributed by atoms with Gasteiger partial charge in [0, 0.05) is 25.0 Å². The molecule has 0 unspecified atom stereocenters. The SMILES string of the molecule is O=C(O)C(F)(F)F.O=C1NCC2(CNC2)CO1. The van der Waals surface area contributed by atoms with Gasteiger partial charge in [-0.2, -0.15) is 13.2 Å². The molecule has 1 amide bonds. The highest BCUT2D eigenvalue weighted by atomic mass is 19.4. The van der Waals surface area contributed by atoms with Gasteiger partial charge >= 0.3 is 18.2 Å². The van der Waals surface area contributed by atoms with E-state index in [0.29, 0.717) is 6.61 Å². The molecule has 0 atom stereocenters. The normalized spacial score (nSPS) is 21.5. The molecule has 0 aromatic rings. The first-order valence-electron chi connectivity index (χ1n) is 4.67. The molecule has 0 saturated carbocycles. The highest BCUT2D eigenvalue weighted by Crippen LogP contribution is 2.24. The molecule has 2 heterocycles. The Morgan fingerprint density at radius 3 is 2.12 bits per heavy atom. The van der Waals surface area contributed by atoms with Crippen molar-refractivity contribution in [2.75, 3.05) is 26.2 Å². The van der Waals surface area contributed by atoms with E-state index in [9.17, 15) is 18.0 Å². The molecule has 9 heteroatoms. The summed E-state index contributed by atoms with van der Waals surface area (Å²) in [5.41, 5.74) is 0.216. The van der Waals surface area contributed by atoms with E-state index in [1.165, 1.54) is 0 Å². The summed E-state index contributed by atoms with van der Waals surface area (Å²) in [5.74, 6) is -2.76. The van der Waals surface area contributed by atoms with Gasteiger partial charge in [0.2, 0.25) is 0 Å². The van der Waals surface area contributed by atoms with E-state index in [1.807, 2.05) is 0 Å². The number of carboxylic acid groups (broad SMARTS) is 1. The molecule has 17 heavy (non-hydrogen) atoms. The van der Waals surface area contributed by atoms with Crippen molar-refractivity contribution in [3.8, 4) is 0 Å². The number of alkyl halides is 3. The number of rotatable bonds is 0. The first-order valence-corrected chi connectivity index (χ1v) is 4.67. The lowest BCUT2D eigenvalue weighted by Crippen LogP contribution is -2.64. The molecule has 98 valence electrons. The van der Waals surface area contributed by atoms with Crippen LogP contribution in [0.25, 0.3) is 0 Å². The van der Waals surface area contributed by atoms with Crippen LogP contribution in [0.2, 0.25) is 0 Å². The number of nitrogens with one attached hydrogen (secondary N) is 2. The van der Waals surface area contributed by atoms with Gasteiger partial charge in [0.1, 0.15) is 6.61 Å². The quantitative estimate of drug-likeness (QED) is 0.565. The zero-order valence-corrected chi connectivity index (χ0v) is 8.63. The first-order chi connectivity index (χ1) is 7.75. The summed E-state index contributed by atoms with van der Waals surface area (Å²) >= 11 is 0. The van der Waals surface area contributed by atoms with Crippen molar-refractivity contribution in [2.24, 2.45) is 5.41 Å². The second kappa shape index (κ2) is 4.78. The Morgan fingerprint density at radius 2 is 1.88 bits per heavy atom. The van der Waals surface area contributed by atoms with Crippen molar-refractivity contribution in [1.29, 1.82) is 0 Å². The number of aliphatic carboxylic acids is 1. The predicted octanol–water partition coefficient (Wildman–Crippen LogP) is -0.0509. The highest BCUT2D eigenvalue weighted by Gasteiger charge is 2.41. The molecule has 1 spiro atoms. The molecule has 0 aromatic carbocycles. The zero-order valence-electron chi connectivity index (χ0n) is 8.63. The number of alkyl carbamates (subject to hydrolysis) is 1. The average Bonchev–Trinajstić information content (AvgIpc) is 2.16. The molecule has 6 nitrogen and oxygen atoms in total. The van der Waals surface area contributed by atoms with Crippen LogP contribution in [0.15, 0.2) is 0 Å². The lowest BCUT2D eigenvalue weighted by Gasteiger charge is -2.44. The molecule has 0 aromatic heterocycles. The number of carbonyl (C=O) groups is 2. The molecule has 2 aliphatic rings. The van der Waals surface area contributed by atoms with Crippen LogP contribution in [0, 0.1) is 5.41 Å². The van der Waals surface area contributed by atoms with Gasteiger partial charge in [0.15, 0.2) is 0 Å². The minimum absolute atomic E-state index is 0.216. The van der Waals surface area contributed by atoms with Gasteiger partial charge in [-0.15, -0.1) is 0 Å². The molecule has 2 aliphatic heterocycles. The third-order valence-corrected chi connectivity index (χ3v) is 2.36. The minimum Gasteiger partial charge on any atom is -0.475 e. The maximum atomic E-state index is 10.6. The Labute approximate surface area is 94.1 Å². The maximum Gasteiger partial charge on any atom is 0.490 e. The topological polar surface area (TPSA) is 87.7 Å². The standard InChI is InChI=1S/C6H10N2O2.C2HF3O2/c9-5-8-3-6(4-10-5)1-7-2-6;3-2(4,5)1(6)7/h7H,1-4H2,(H,8,9);(H,6,7). The second-order valence-electron chi connectivity index (χ2n) is 3.84. The molecular weight excluding hydrogens is 245 g/mol. The summed E-state index contributed by atoms with van der Waals surface area (Å²) in [4.78, 5) is 19.4. The molecule has 0 bridgehead atoms. The largest absolute Gasteiger partial charge is 0.490 e. The number of halogens is 3. The lowest BCUT2D eigenvalue weighted by molar-refractivity contribution is -0.192. The smallest absolute Gasteiger partial charge is 0.475 e. The van der Waals surface area contributed by atoms with Gasteiger partial charge in [-0.1, -0.05) is 0 Å². The van der Waals surface area contributed by atoms with Crippen LogP contribution in [0.1, 0.15) is 0 Å². The predicted molar refractivity (Wildman–Crippen MR) is 48.3 cm³/mol. The van der Waals surface area contributed by atoms with Crippen molar-refractivity contribution in [1.82, 2.24) is 10.6 Å².